The average Bonchev–Trinajstić information content (AvgIpc) is 2.59. The molecule has 24 heavy (non-hydrogen) atoms. The monoisotopic (exact) mass is 368 g/mol. The van der Waals surface area contributed by atoms with Crippen molar-refractivity contribution in [2.24, 2.45) is 0 Å². The maximum Gasteiger partial charge on any atom is 0.500 e. The van der Waals surface area contributed by atoms with Crippen molar-refractivity contribution in [1.29, 1.82) is 0 Å². The van der Waals surface area contributed by atoms with Crippen LogP contribution in [0.5, 0.6) is 0 Å². The molecule has 0 radical (unpaired) electrons. The molecular formula is C18H28O4SSi. The van der Waals surface area contributed by atoms with E-state index >= 15 is 0 Å². The topological polar surface area (TPSA) is 44.8 Å². The molecule has 1 aromatic carbocycles. The maximum absolute atomic E-state index is 11.9. The highest BCUT2D eigenvalue weighted by Crippen LogP contribution is 2.20. The van der Waals surface area contributed by atoms with Crippen LogP contribution in [0.4, 0.5) is 0 Å². The second kappa shape index (κ2) is 12.4. The lowest BCUT2D eigenvalue weighted by Crippen LogP contribution is -2.46. The lowest BCUT2D eigenvalue weighted by molar-refractivity contribution is -0.107. The van der Waals surface area contributed by atoms with Gasteiger partial charge in [0.2, 0.25) is 5.12 Å². The molecule has 0 aliphatic heterocycles. The minimum absolute atomic E-state index is 0.0651. The number of carbonyl (C=O) groups excluding carboxylic acids is 1. The zero-order valence-corrected chi connectivity index (χ0v) is 16.6. The first-order chi connectivity index (χ1) is 11.7. The zero-order chi connectivity index (χ0) is 17.7. The highest BCUT2D eigenvalue weighted by atomic mass is 32.2. The van der Waals surface area contributed by atoms with E-state index in [1.54, 1.807) is 6.08 Å². The van der Waals surface area contributed by atoms with E-state index in [0.717, 1.165) is 23.8 Å². The average molecular weight is 369 g/mol. The third-order valence-corrected chi connectivity index (χ3v) is 7.24. The second-order valence-corrected chi connectivity index (χ2v) is 8.83. The van der Waals surface area contributed by atoms with E-state index in [1.165, 1.54) is 11.8 Å². The van der Waals surface area contributed by atoms with Gasteiger partial charge in [0, 0.05) is 31.6 Å². The Morgan fingerprint density at radius 1 is 1.04 bits per heavy atom. The largest absolute Gasteiger partial charge is 0.500 e. The van der Waals surface area contributed by atoms with Crippen LogP contribution in [0.25, 0.3) is 6.08 Å². The van der Waals surface area contributed by atoms with E-state index in [9.17, 15) is 4.79 Å². The number of rotatable bonds is 12. The van der Waals surface area contributed by atoms with E-state index in [-0.39, 0.29) is 5.12 Å². The Balaban J connectivity index is 2.38. The first kappa shape index (κ1) is 21.1. The van der Waals surface area contributed by atoms with Crippen LogP contribution < -0.4 is 0 Å². The quantitative estimate of drug-likeness (QED) is 0.311. The smallest absolute Gasteiger partial charge is 0.374 e. The summed E-state index contributed by atoms with van der Waals surface area (Å²) in [6.07, 6.45) is 4.30. The van der Waals surface area contributed by atoms with Gasteiger partial charge in [0.05, 0.1) is 0 Å². The zero-order valence-electron chi connectivity index (χ0n) is 14.8. The van der Waals surface area contributed by atoms with Crippen LogP contribution in [0.2, 0.25) is 6.04 Å². The first-order valence-corrected chi connectivity index (χ1v) is 11.4. The fourth-order valence-electron chi connectivity index (χ4n) is 2.24. The third-order valence-electron chi connectivity index (χ3n) is 3.18. The molecule has 0 aromatic heterocycles. The summed E-state index contributed by atoms with van der Waals surface area (Å²) in [6.45, 7) is 7.60. The summed E-state index contributed by atoms with van der Waals surface area (Å²) in [5.74, 6) is 0.736. The second-order valence-electron chi connectivity index (χ2n) is 5.00. The molecule has 0 atom stereocenters. The fraction of sp³-hybridized carbons (Fsp3) is 0.500. The van der Waals surface area contributed by atoms with Crippen molar-refractivity contribution in [2.75, 3.05) is 25.6 Å². The van der Waals surface area contributed by atoms with Crippen molar-refractivity contribution >= 4 is 31.8 Å². The van der Waals surface area contributed by atoms with E-state index in [1.807, 2.05) is 57.2 Å². The van der Waals surface area contributed by atoms with Gasteiger partial charge in [-0.05, 0) is 38.8 Å². The molecule has 0 amide bonds. The molecule has 0 aliphatic rings. The highest BCUT2D eigenvalue weighted by molar-refractivity contribution is 8.14. The Morgan fingerprint density at radius 3 is 2.17 bits per heavy atom. The molecule has 6 heteroatoms. The molecular weight excluding hydrogens is 340 g/mol. The van der Waals surface area contributed by atoms with Gasteiger partial charge in [-0.3, -0.25) is 4.79 Å². The molecule has 0 N–H and O–H groups in total. The normalized spacial score (nSPS) is 12.0. The van der Waals surface area contributed by atoms with E-state index in [0.29, 0.717) is 19.8 Å². The molecule has 134 valence electrons. The van der Waals surface area contributed by atoms with E-state index < -0.39 is 8.80 Å². The first-order valence-electron chi connectivity index (χ1n) is 8.47. The van der Waals surface area contributed by atoms with Crippen molar-refractivity contribution in [2.45, 2.75) is 33.2 Å². The predicted molar refractivity (Wildman–Crippen MR) is 103 cm³/mol. The minimum Gasteiger partial charge on any atom is -0.374 e. The van der Waals surface area contributed by atoms with Crippen molar-refractivity contribution in [3.8, 4) is 0 Å². The summed E-state index contributed by atoms with van der Waals surface area (Å²) < 4.78 is 17.4. The van der Waals surface area contributed by atoms with Gasteiger partial charge in [-0.25, -0.2) is 0 Å². The number of hydrogen-bond donors (Lipinski definition) is 0. The van der Waals surface area contributed by atoms with Gasteiger partial charge in [-0.15, -0.1) is 0 Å². The standard InChI is InChI=1S/C18H28O4SSi/c1-4-20-24(21-5-2,22-6-3)16-10-15-23-18(19)14-13-17-11-8-7-9-12-17/h7-9,11-14H,4-6,10,15-16H2,1-3H3. The minimum atomic E-state index is -2.58. The van der Waals surface area contributed by atoms with Gasteiger partial charge < -0.3 is 13.3 Å². The van der Waals surface area contributed by atoms with Gasteiger partial charge >= 0.3 is 8.80 Å². The summed E-state index contributed by atoms with van der Waals surface area (Å²) in [7, 11) is -2.58. The van der Waals surface area contributed by atoms with Crippen LogP contribution in [-0.4, -0.2) is 39.5 Å². The van der Waals surface area contributed by atoms with Gasteiger partial charge in [0.15, 0.2) is 0 Å². The number of carbonyl (C=O) groups is 1. The van der Waals surface area contributed by atoms with Gasteiger partial charge in [0.1, 0.15) is 0 Å². The number of hydrogen-bond acceptors (Lipinski definition) is 5. The Kier molecular flexibility index (Phi) is 10.9. The summed E-state index contributed by atoms with van der Waals surface area (Å²) in [5, 5.41) is 0.0651. The number of benzene rings is 1. The molecule has 0 spiro atoms. The Labute approximate surface area is 150 Å². The third kappa shape index (κ3) is 8.26. The number of thioether (sulfide) groups is 1. The fourth-order valence-corrected chi connectivity index (χ4v) is 5.76. The van der Waals surface area contributed by atoms with Crippen LogP contribution in [0, 0.1) is 0 Å². The van der Waals surface area contributed by atoms with Crippen LogP contribution in [-0.2, 0) is 18.1 Å². The Morgan fingerprint density at radius 2 is 1.62 bits per heavy atom. The van der Waals surface area contributed by atoms with Crippen molar-refractivity contribution in [1.82, 2.24) is 0 Å². The summed E-state index contributed by atoms with van der Waals surface area (Å²) in [5.41, 5.74) is 1.03. The lowest BCUT2D eigenvalue weighted by Gasteiger charge is -2.28. The van der Waals surface area contributed by atoms with E-state index in [2.05, 4.69) is 0 Å². The Bertz CT molecular complexity index is 476. The van der Waals surface area contributed by atoms with Crippen LogP contribution >= 0.6 is 11.8 Å². The molecule has 1 rings (SSSR count). The summed E-state index contributed by atoms with van der Waals surface area (Å²) >= 11 is 1.32. The molecule has 0 saturated carbocycles. The molecule has 1 aromatic rings. The SMILES string of the molecule is CCO[Si](CCCSC(=O)C=Cc1ccccc1)(OCC)OCC. The van der Waals surface area contributed by atoms with Crippen molar-refractivity contribution in [3.63, 3.8) is 0 Å². The molecule has 4 nitrogen and oxygen atoms in total. The van der Waals surface area contributed by atoms with Crippen LogP contribution in [0.15, 0.2) is 36.4 Å². The molecule has 0 bridgehead atoms. The van der Waals surface area contributed by atoms with E-state index in [4.69, 9.17) is 13.3 Å². The Hall–Kier alpha value is -0.923. The molecule has 0 heterocycles. The van der Waals surface area contributed by atoms with Gasteiger partial charge in [0.25, 0.3) is 0 Å². The maximum atomic E-state index is 11.9. The molecule has 0 unspecified atom stereocenters. The highest BCUT2D eigenvalue weighted by Gasteiger charge is 2.39. The lowest BCUT2D eigenvalue weighted by atomic mass is 10.2. The predicted octanol–water partition coefficient (Wildman–Crippen LogP) is 4.40. The van der Waals surface area contributed by atoms with Crippen molar-refractivity contribution < 1.29 is 18.1 Å². The van der Waals surface area contributed by atoms with Crippen LogP contribution in [0.1, 0.15) is 32.8 Å². The molecule has 0 saturated heterocycles. The molecule has 0 aliphatic carbocycles. The summed E-state index contributed by atoms with van der Waals surface area (Å²) in [6, 6.07) is 10.6. The molecule has 0 fully saturated rings. The van der Waals surface area contributed by atoms with Gasteiger partial charge in [-0.1, -0.05) is 48.2 Å². The van der Waals surface area contributed by atoms with Gasteiger partial charge in [-0.2, -0.15) is 0 Å². The summed E-state index contributed by atoms with van der Waals surface area (Å²) in [4.78, 5) is 11.9. The van der Waals surface area contributed by atoms with Crippen molar-refractivity contribution in [3.05, 3.63) is 42.0 Å². The van der Waals surface area contributed by atoms with Crippen LogP contribution in [0.3, 0.4) is 0 Å².